The molecule has 0 aromatic heterocycles. The summed E-state index contributed by atoms with van der Waals surface area (Å²) in [6.07, 6.45) is 0.467. The van der Waals surface area contributed by atoms with Gasteiger partial charge in [0.1, 0.15) is 0 Å². The van der Waals surface area contributed by atoms with Crippen molar-refractivity contribution >= 4 is 11.6 Å². The summed E-state index contributed by atoms with van der Waals surface area (Å²) in [5.74, 6) is 0.181. The molecule has 20 heavy (non-hydrogen) atoms. The Bertz CT molecular complexity index is 467. The molecule has 0 spiro atoms. The van der Waals surface area contributed by atoms with E-state index >= 15 is 0 Å². The van der Waals surface area contributed by atoms with Crippen LogP contribution in [0.5, 0.6) is 0 Å². The fourth-order valence-electron chi connectivity index (χ4n) is 2.33. The molecule has 0 aliphatic carbocycles. The lowest BCUT2D eigenvalue weighted by molar-refractivity contribution is -0.125. The minimum absolute atomic E-state index is 0.0214. The predicted octanol–water partition coefficient (Wildman–Crippen LogP) is 2.68. The quantitative estimate of drug-likeness (QED) is 0.920. The van der Waals surface area contributed by atoms with Gasteiger partial charge in [-0.05, 0) is 37.0 Å². The standard InChI is InChI=1S/C16H23NO3/c1-11-4-5-12(2)14(8-11)17-16(18)9-13(3)15-10-19-6-7-20-15/h4-5,8,13,15H,6-7,9-10H2,1-3H3,(H,17,18)/t13-,15+/m1/s1. The molecule has 1 aliphatic rings. The van der Waals surface area contributed by atoms with E-state index in [2.05, 4.69) is 5.32 Å². The summed E-state index contributed by atoms with van der Waals surface area (Å²) in [6, 6.07) is 6.06. The van der Waals surface area contributed by atoms with Crippen molar-refractivity contribution in [3.05, 3.63) is 29.3 Å². The molecule has 0 unspecified atom stereocenters. The molecule has 0 saturated carbocycles. The lowest BCUT2D eigenvalue weighted by atomic mass is 10.00. The number of amides is 1. The van der Waals surface area contributed by atoms with E-state index in [4.69, 9.17) is 9.47 Å². The molecule has 1 aliphatic heterocycles. The monoisotopic (exact) mass is 277 g/mol. The summed E-state index contributed by atoms with van der Waals surface area (Å²) in [7, 11) is 0. The van der Waals surface area contributed by atoms with Crippen LogP contribution in [-0.4, -0.2) is 31.8 Å². The Labute approximate surface area is 120 Å². The fourth-order valence-corrected chi connectivity index (χ4v) is 2.33. The molecule has 1 fully saturated rings. The van der Waals surface area contributed by atoms with E-state index in [0.717, 1.165) is 16.8 Å². The maximum Gasteiger partial charge on any atom is 0.224 e. The average Bonchev–Trinajstić information content (AvgIpc) is 2.43. The van der Waals surface area contributed by atoms with Crippen molar-refractivity contribution in [1.82, 2.24) is 0 Å². The van der Waals surface area contributed by atoms with Crippen molar-refractivity contribution in [2.24, 2.45) is 5.92 Å². The van der Waals surface area contributed by atoms with E-state index in [9.17, 15) is 4.79 Å². The Kier molecular flexibility index (Phi) is 5.15. The zero-order valence-corrected chi connectivity index (χ0v) is 12.4. The second-order valence-corrected chi connectivity index (χ2v) is 5.53. The van der Waals surface area contributed by atoms with Gasteiger partial charge in [-0.15, -0.1) is 0 Å². The van der Waals surface area contributed by atoms with Crippen molar-refractivity contribution in [3.8, 4) is 0 Å². The van der Waals surface area contributed by atoms with Crippen molar-refractivity contribution < 1.29 is 14.3 Å². The van der Waals surface area contributed by atoms with Gasteiger partial charge in [-0.2, -0.15) is 0 Å². The van der Waals surface area contributed by atoms with Crippen LogP contribution in [0.4, 0.5) is 5.69 Å². The Morgan fingerprint density at radius 3 is 2.90 bits per heavy atom. The molecule has 1 saturated heterocycles. The molecular formula is C16H23NO3. The number of hydrogen-bond acceptors (Lipinski definition) is 3. The highest BCUT2D eigenvalue weighted by atomic mass is 16.6. The van der Waals surface area contributed by atoms with Crippen LogP contribution < -0.4 is 5.32 Å². The molecule has 2 atom stereocenters. The van der Waals surface area contributed by atoms with Gasteiger partial charge in [-0.1, -0.05) is 19.1 Å². The highest BCUT2D eigenvalue weighted by Gasteiger charge is 2.23. The molecule has 0 radical (unpaired) electrons. The summed E-state index contributed by atoms with van der Waals surface area (Å²) in [5.41, 5.74) is 3.11. The lowest BCUT2D eigenvalue weighted by Gasteiger charge is -2.27. The first-order valence-corrected chi connectivity index (χ1v) is 7.12. The van der Waals surface area contributed by atoms with Gasteiger partial charge in [0.2, 0.25) is 5.91 Å². The van der Waals surface area contributed by atoms with E-state index in [1.165, 1.54) is 0 Å². The minimum Gasteiger partial charge on any atom is -0.376 e. The van der Waals surface area contributed by atoms with Crippen molar-refractivity contribution in [2.45, 2.75) is 33.3 Å². The molecule has 2 rings (SSSR count). The second kappa shape index (κ2) is 6.86. The van der Waals surface area contributed by atoms with E-state index in [-0.39, 0.29) is 17.9 Å². The Morgan fingerprint density at radius 2 is 2.20 bits per heavy atom. The summed E-state index contributed by atoms with van der Waals surface area (Å²) >= 11 is 0. The number of carbonyl (C=O) groups excluding carboxylic acids is 1. The van der Waals surface area contributed by atoms with Gasteiger partial charge < -0.3 is 14.8 Å². The number of benzene rings is 1. The van der Waals surface area contributed by atoms with Gasteiger partial charge in [0, 0.05) is 12.1 Å². The number of nitrogens with one attached hydrogen (secondary N) is 1. The molecular weight excluding hydrogens is 254 g/mol. The lowest BCUT2D eigenvalue weighted by Crippen LogP contribution is -2.35. The number of aryl methyl sites for hydroxylation is 2. The Morgan fingerprint density at radius 1 is 1.40 bits per heavy atom. The maximum absolute atomic E-state index is 12.1. The fraction of sp³-hybridized carbons (Fsp3) is 0.562. The minimum atomic E-state index is 0.0214. The molecule has 110 valence electrons. The highest BCUT2D eigenvalue weighted by molar-refractivity contribution is 5.91. The topological polar surface area (TPSA) is 47.6 Å². The van der Waals surface area contributed by atoms with Gasteiger partial charge in [0.15, 0.2) is 0 Å². The van der Waals surface area contributed by atoms with Crippen molar-refractivity contribution in [1.29, 1.82) is 0 Å². The molecule has 0 bridgehead atoms. The van der Waals surface area contributed by atoms with Crippen molar-refractivity contribution in [2.75, 3.05) is 25.1 Å². The molecule has 1 amide bonds. The molecule has 1 aromatic rings. The SMILES string of the molecule is Cc1ccc(C)c(NC(=O)C[C@@H](C)[C@@H]2COCCO2)c1. The molecule has 4 heteroatoms. The van der Waals surface area contributed by atoms with Crippen molar-refractivity contribution in [3.63, 3.8) is 0 Å². The van der Waals surface area contributed by atoms with E-state index in [1.54, 1.807) is 0 Å². The Hall–Kier alpha value is -1.39. The third-order valence-corrected chi connectivity index (χ3v) is 3.65. The van der Waals surface area contributed by atoms with E-state index in [1.807, 2.05) is 39.0 Å². The second-order valence-electron chi connectivity index (χ2n) is 5.53. The molecule has 1 heterocycles. The van der Waals surface area contributed by atoms with Crippen LogP contribution in [-0.2, 0) is 14.3 Å². The number of anilines is 1. The van der Waals surface area contributed by atoms with Gasteiger partial charge in [0.05, 0.1) is 25.9 Å². The number of hydrogen-bond donors (Lipinski definition) is 1. The van der Waals surface area contributed by atoms with Crippen LogP contribution in [0.1, 0.15) is 24.5 Å². The van der Waals surface area contributed by atoms with Crippen LogP contribution in [0.3, 0.4) is 0 Å². The first kappa shape index (κ1) is 15.0. The molecule has 1 N–H and O–H groups in total. The molecule has 4 nitrogen and oxygen atoms in total. The number of carbonyl (C=O) groups is 1. The zero-order valence-electron chi connectivity index (χ0n) is 12.4. The summed E-state index contributed by atoms with van der Waals surface area (Å²) in [4.78, 5) is 12.1. The third-order valence-electron chi connectivity index (χ3n) is 3.65. The van der Waals surface area contributed by atoms with Gasteiger partial charge in [-0.25, -0.2) is 0 Å². The van der Waals surface area contributed by atoms with E-state index in [0.29, 0.717) is 26.2 Å². The average molecular weight is 277 g/mol. The van der Waals surface area contributed by atoms with Crippen LogP contribution in [0.25, 0.3) is 0 Å². The maximum atomic E-state index is 12.1. The first-order chi connectivity index (χ1) is 9.56. The zero-order chi connectivity index (χ0) is 14.5. The summed E-state index contributed by atoms with van der Waals surface area (Å²) in [6.45, 7) is 7.90. The van der Waals surface area contributed by atoms with Crippen LogP contribution in [0.15, 0.2) is 18.2 Å². The van der Waals surface area contributed by atoms with Gasteiger partial charge >= 0.3 is 0 Å². The predicted molar refractivity (Wildman–Crippen MR) is 78.9 cm³/mol. The van der Waals surface area contributed by atoms with E-state index < -0.39 is 0 Å². The number of ether oxygens (including phenoxy) is 2. The normalized spacial score (nSPS) is 20.4. The highest BCUT2D eigenvalue weighted by Crippen LogP contribution is 2.19. The van der Waals surface area contributed by atoms with Crippen LogP contribution in [0, 0.1) is 19.8 Å². The van der Waals surface area contributed by atoms with Gasteiger partial charge in [0.25, 0.3) is 0 Å². The summed E-state index contributed by atoms with van der Waals surface area (Å²) < 4.78 is 11.0. The molecule has 1 aromatic carbocycles. The van der Waals surface area contributed by atoms with Crippen LogP contribution >= 0.6 is 0 Å². The number of rotatable bonds is 4. The third kappa shape index (κ3) is 4.05. The van der Waals surface area contributed by atoms with Gasteiger partial charge in [-0.3, -0.25) is 4.79 Å². The van der Waals surface area contributed by atoms with Crippen LogP contribution in [0.2, 0.25) is 0 Å². The summed E-state index contributed by atoms with van der Waals surface area (Å²) in [5, 5.41) is 2.99. The Balaban J connectivity index is 1.89. The first-order valence-electron chi connectivity index (χ1n) is 7.12. The largest absolute Gasteiger partial charge is 0.376 e. The smallest absolute Gasteiger partial charge is 0.224 e.